The van der Waals surface area contributed by atoms with Crippen molar-refractivity contribution < 1.29 is 38.1 Å². The number of nitriles is 4. The number of rotatable bonds is 12. The Balaban J connectivity index is 1.26. The number of aromatic nitrogens is 3. The minimum Gasteiger partial charge on any atom is -0.495 e. The van der Waals surface area contributed by atoms with Gasteiger partial charge in [-0.1, -0.05) is 91.0 Å². The van der Waals surface area contributed by atoms with Crippen LogP contribution in [0.1, 0.15) is 16.7 Å². The first-order chi connectivity index (χ1) is 35.7. The summed E-state index contributed by atoms with van der Waals surface area (Å²) < 4.78 is 36.1. The molecule has 3 aromatic carbocycles. The van der Waals surface area contributed by atoms with Crippen molar-refractivity contribution in [3.63, 3.8) is 0 Å². The van der Waals surface area contributed by atoms with Crippen molar-refractivity contribution in [1.29, 1.82) is 21.0 Å². The maximum absolute atomic E-state index is 15.2. The molecule has 0 saturated carbocycles. The number of methoxy groups -OCH3 is 2. The Kier molecular flexibility index (Phi) is 13.1. The van der Waals surface area contributed by atoms with E-state index in [1.54, 1.807) is 48.5 Å². The summed E-state index contributed by atoms with van der Waals surface area (Å²) in [6.07, 6.45) is -2.45. The number of hydrogen-bond acceptors (Lipinski definition) is 18. The smallest absolute Gasteiger partial charge is 0.419 e. The Morgan fingerprint density at radius 1 is 0.479 bits per heavy atom. The molecule has 7 aromatic heterocycles. The van der Waals surface area contributed by atoms with Crippen LogP contribution in [0, 0.1) is 45.3 Å². The fourth-order valence-electron chi connectivity index (χ4n) is 8.05. The standard InChI is InChI=1S/C52H31N9O8S4/c1-65-36-20-40(57-32(22-53)23-54)72-46(36)34-18-38-42(59(34)50(62)67-26-29-12-6-3-7-13-29)44-48(70-38)49-45(61(44)52(64)69-28-31-16-10-5-11-17-31)43-39(71-49)19-35(60(43)51(63)68-27-30-14-8-4-9-15-30)47-37(66-2)21-41(73-47)58-33(24-55)25-56/h3-21H,26-28H2,1-2H3. The summed E-state index contributed by atoms with van der Waals surface area (Å²) in [6, 6.07) is 41.0. The van der Waals surface area contributed by atoms with Crippen molar-refractivity contribution in [2.24, 2.45) is 9.98 Å². The predicted octanol–water partition coefficient (Wildman–Crippen LogP) is 13.1. The molecule has 17 nitrogen and oxygen atoms in total. The summed E-state index contributed by atoms with van der Waals surface area (Å²) in [5.74, 6) is 0.568. The van der Waals surface area contributed by atoms with Crippen molar-refractivity contribution in [3.05, 3.63) is 132 Å². The van der Waals surface area contributed by atoms with Gasteiger partial charge < -0.3 is 23.7 Å². The third kappa shape index (κ3) is 8.82. The van der Waals surface area contributed by atoms with Gasteiger partial charge in [-0.05, 0) is 28.8 Å². The van der Waals surface area contributed by atoms with Gasteiger partial charge in [0.1, 0.15) is 65.6 Å². The minimum atomic E-state index is -0.834. The van der Waals surface area contributed by atoms with Crippen molar-refractivity contribution in [1.82, 2.24) is 13.7 Å². The monoisotopic (exact) mass is 1040 g/mol. The molecule has 10 aromatic rings. The van der Waals surface area contributed by atoms with E-state index in [1.165, 1.54) is 50.6 Å². The largest absolute Gasteiger partial charge is 0.495 e. The summed E-state index contributed by atoms with van der Waals surface area (Å²) in [5, 5.41) is 38.6. The summed E-state index contributed by atoms with van der Waals surface area (Å²) in [6.45, 7) is -0.354. The summed E-state index contributed by atoms with van der Waals surface area (Å²) in [5.41, 5.74) is 3.04. The number of nitrogens with zero attached hydrogens (tertiary/aromatic N) is 9. The zero-order chi connectivity index (χ0) is 50.8. The zero-order valence-corrected chi connectivity index (χ0v) is 41.3. The number of carbonyl (C=O) groups excluding carboxylic acids is 3. The van der Waals surface area contributed by atoms with Gasteiger partial charge in [0.05, 0.1) is 76.2 Å². The molecule has 0 spiro atoms. The van der Waals surface area contributed by atoms with Crippen LogP contribution in [0.3, 0.4) is 0 Å². The second kappa shape index (κ2) is 20.2. The molecule has 0 saturated heterocycles. The van der Waals surface area contributed by atoms with Crippen LogP contribution in [-0.4, -0.2) is 57.6 Å². The van der Waals surface area contributed by atoms with Crippen LogP contribution in [0.15, 0.2) is 125 Å². The molecule has 0 atom stereocenters. The van der Waals surface area contributed by atoms with E-state index in [2.05, 4.69) is 9.98 Å². The van der Waals surface area contributed by atoms with Crippen LogP contribution in [0.4, 0.5) is 24.4 Å². The lowest BCUT2D eigenvalue weighted by molar-refractivity contribution is 0.141. The SMILES string of the molecule is COc1cc(N=C(C#N)C#N)sc1-c1cc2sc3c4sc5cc(-c6sc(N=C(C#N)C#N)cc6OC)n(C(=O)OCc6ccccc6)c5c4n(C(=O)OCc4ccccc4)c3c2n1C(=O)OCc1ccccc1. The number of benzene rings is 3. The van der Waals surface area contributed by atoms with Crippen LogP contribution in [0.5, 0.6) is 11.5 Å². The van der Waals surface area contributed by atoms with Gasteiger partial charge >= 0.3 is 18.3 Å². The van der Waals surface area contributed by atoms with Gasteiger partial charge in [-0.15, -0.1) is 45.3 Å². The van der Waals surface area contributed by atoms with Crippen LogP contribution < -0.4 is 9.47 Å². The molecule has 0 bridgehead atoms. The molecule has 0 aliphatic heterocycles. The second-order valence-electron chi connectivity index (χ2n) is 15.5. The topological polar surface area (TPSA) is 232 Å². The molecule has 21 heteroatoms. The van der Waals surface area contributed by atoms with E-state index in [0.29, 0.717) is 56.6 Å². The molecule has 0 N–H and O–H groups in total. The van der Waals surface area contributed by atoms with E-state index < -0.39 is 18.3 Å². The van der Waals surface area contributed by atoms with Gasteiger partial charge in [0.15, 0.2) is 0 Å². The zero-order valence-electron chi connectivity index (χ0n) is 38.0. The van der Waals surface area contributed by atoms with Crippen LogP contribution >= 0.6 is 45.3 Å². The van der Waals surface area contributed by atoms with Gasteiger partial charge in [0, 0.05) is 12.1 Å². The number of fused-ring (bicyclic) bond motifs is 7. The third-order valence-corrected chi connectivity index (χ3v) is 15.7. The van der Waals surface area contributed by atoms with Gasteiger partial charge in [-0.25, -0.2) is 38.1 Å². The molecule has 0 aliphatic carbocycles. The molecular weight excluding hydrogens is 1010 g/mol. The van der Waals surface area contributed by atoms with E-state index in [4.69, 9.17) is 23.7 Å². The molecule has 0 amide bonds. The van der Waals surface area contributed by atoms with Gasteiger partial charge in [0.25, 0.3) is 0 Å². The molecular formula is C52H31N9O8S4. The van der Waals surface area contributed by atoms with Gasteiger partial charge in [0.2, 0.25) is 11.4 Å². The highest BCUT2D eigenvalue weighted by Gasteiger charge is 2.35. The first-order valence-corrected chi connectivity index (χ1v) is 24.9. The molecule has 10 rings (SSSR count). The van der Waals surface area contributed by atoms with Crippen LogP contribution in [0.25, 0.3) is 62.0 Å². The van der Waals surface area contributed by atoms with Crippen molar-refractivity contribution in [2.45, 2.75) is 19.8 Å². The van der Waals surface area contributed by atoms with Crippen LogP contribution in [-0.2, 0) is 34.0 Å². The number of carbonyl (C=O) groups is 3. The fourth-order valence-corrected chi connectivity index (χ4v) is 12.6. The van der Waals surface area contributed by atoms with Gasteiger partial charge in [-0.3, -0.25) is 0 Å². The first-order valence-electron chi connectivity index (χ1n) is 21.6. The molecule has 356 valence electrons. The quantitative estimate of drug-likeness (QED) is 0.0821. The average molecular weight is 1040 g/mol. The highest BCUT2D eigenvalue weighted by atomic mass is 32.1. The van der Waals surface area contributed by atoms with Gasteiger partial charge in [-0.2, -0.15) is 21.0 Å². The molecule has 73 heavy (non-hydrogen) atoms. The van der Waals surface area contributed by atoms with Crippen molar-refractivity contribution in [3.8, 4) is 56.9 Å². The highest BCUT2D eigenvalue weighted by Crippen LogP contribution is 2.53. The van der Waals surface area contributed by atoms with E-state index in [1.807, 2.05) is 91.0 Å². The summed E-state index contributed by atoms with van der Waals surface area (Å²) in [7, 11) is 2.88. The average Bonchev–Trinajstić information content (AvgIpc) is 4.30. The lowest BCUT2D eigenvalue weighted by Gasteiger charge is -2.13. The Labute approximate surface area is 429 Å². The maximum Gasteiger partial charge on any atom is 0.419 e. The predicted molar refractivity (Wildman–Crippen MR) is 279 cm³/mol. The summed E-state index contributed by atoms with van der Waals surface area (Å²) >= 11 is 4.74. The van der Waals surface area contributed by atoms with Crippen LogP contribution in [0.2, 0.25) is 0 Å². The van der Waals surface area contributed by atoms with Crippen molar-refractivity contribution in [2.75, 3.05) is 14.2 Å². The Morgan fingerprint density at radius 2 is 0.822 bits per heavy atom. The molecule has 0 unspecified atom stereocenters. The van der Waals surface area contributed by atoms with E-state index in [-0.39, 0.29) is 74.8 Å². The van der Waals surface area contributed by atoms with E-state index >= 15 is 4.79 Å². The molecule has 7 heterocycles. The Bertz CT molecular complexity index is 3810. The third-order valence-electron chi connectivity index (χ3n) is 11.2. The number of aliphatic imine (C=N–C) groups is 2. The summed E-state index contributed by atoms with van der Waals surface area (Å²) in [4.78, 5) is 54.2. The lowest BCUT2D eigenvalue weighted by Crippen LogP contribution is -2.18. The second-order valence-corrected chi connectivity index (χ2v) is 19.7. The highest BCUT2D eigenvalue weighted by molar-refractivity contribution is 7.33. The minimum absolute atomic E-state index is 0.109. The molecule has 0 aliphatic rings. The molecule has 0 fully saturated rings. The Hall–Kier alpha value is -9.35. The Morgan fingerprint density at radius 3 is 1.15 bits per heavy atom. The number of ether oxygens (including phenoxy) is 5. The number of hydrogen-bond donors (Lipinski definition) is 0. The lowest BCUT2D eigenvalue weighted by atomic mass is 10.2. The maximum atomic E-state index is 15.2. The number of thiophene rings is 4. The first kappa shape index (κ1) is 47.3. The normalized spacial score (nSPS) is 10.9. The van der Waals surface area contributed by atoms with E-state index in [9.17, 15) is 30.6 Å². The molecule has 0 radical (unpaired) electrons. The van der Waals surface area contributed by atoms with E-state index in [0.717, 1.165) is 22.7 Å². The fraction of sp³-hybridized carbons (Fsp3) is 0.0962. The van der Waals surface area contributed by atoms with Crippen molar-refractivity contribution >= 4 is 126 Å².